The van der Waals surface area contributed by atoms with Gasteiger partial charge in [-0.3, -0.25) is 9.59 Å². The van der Waals surface area contributed by atoms with E-state index in [1.807, 2.05) is 0 Å². The number of nitrogens with zero attached hydrogens (tertiary/aromatic N) is 1. The van der Waals surface area contributed by atoms with Crippen molar-refractivity contribution >= 4 is 23.2 Å². The van der Waals surface area contributed by atoms with Crippen LogP contribution in [0.4, 0.5) is 18.9 Å². The number of benzene rings is 1. The number of amides is 1. The molecule has 2 aromatic rings. The second-order valence-corrected chi connectivity index (χ2v) is 5.30. The van der Waals surface area contributed by atoms with Crippen LogP contribution in [0, 0.1) is 6.92 Å². The van der Waals surface area contributed by atoms with Crippen molar-refractivity contribution in [1.82, 2.24) is 4.57 Å². The molecule has 0 spiro atoms. The van der Waals surface area contributed by atoms with Crippen LogP contribution in [0.2, 0.25) is 5.02 Å². The van der Waals surface area contributed by atoms with Gasteiger partial charge in [0.25, 0.3) is 5.56 Å². The number of aryl methyl sites for hydroxylation is 1. The Morgan fingerprint density at radius 2 is 2.00 bits per heavy atom. The Balaban J connectivity index is 2.24. The van der Waals surface area contributed by atoms with Crippen molar-refractivity contribution < 1.29 is 18.0 Å². The molecule has 122 valence electrons. The normalized spacial score (nSPS) is 11.3. The largest absolute Gasteiger partial charge is 0.418 e. The summed E-state index contributed by atoms with van der Waals surface area (Å²) in [5.74, 6) is -0.745. The second-order valence-electron chi connectivity index (χ2n) is 4.86. The lowest BCUT2D eigenvalue weighted by molar-refractivity contribution is -0.137. The van der Waals surface area contributed by atoms with E-state index in [1.165, 1.54) is 12.3 Å². The number of aromatic nitrogens is 1. The van der Waals surface area contributed by atoms with Crippen LogP contribution < -0.4 is 10.9 Å². The molecule has 1 amide bonds. The molecule has 2 rings (SSSR count). The number of carbonyl (C=O) groups excluding carboxylic acids is 1. The molecule has 0 bridgehead atoms. The van der Waals surface area contributed by atoms with Gasteiger partial charge in [-0.25, -0.2) is 0 Å². The molecular weight excluding hydrogens is 333 g/mol. The fourth-order valence-electron chi connectivity index (χ4n) is 1.99. The lowest BCUT2D eigenvalue weighted by Gasteiger charge is -2.14. The van der Waals surface area contributed by atoms with E-state index in [1.54, 1.807) is 19.1 Å². The second kappa shape index (κ2) is 6.45. The Labute approximate surface area is 134 Å². The summed E-state index contributed by atoms with van der Waals surface area (Å²) in [7, 11) is 0. The number of nitrogens with one attached hydrogen (secondary N) is 1. The summed E-state index contributed by atoms with van der Waals surface area (Å²) < 4.78 is 40.0. The first kappa shape index (κ1) is 17.1. The number of anilines is 1. The molecule has 0 saturated heterocycles. The summed E-state index contributed by atoms with van der Waals surface area (Å²) in [6, 6.07) is 6.20. The Hall–Kier alpha value is -2.28. The Bertz CT molecular complexity index is 800. The lowest BCUT2D eigenvalue weighted by atomic mass is 10.1. The third-order valence-electron chi connectivity index (χ3n) is 3.09. The van der Waals surface area contributed by atoms with Crippen LogP contribution in [-0.4, -0.2) is 10.5 Å². The van der Waals surface area contributed by atoms with Gasteiger partial charge in [0.2, 0.25) is 5.91 Å². The number of halogens is 4. The zero-order chi connectivity index (χ0) is 17.2. The van der Waals surface area contributed by atoms with Crippen LogP contribution in [0.1, 0.15) is 11.1 Å². The maximum Gasteiger partial charge on any atom is 0.418 e. The monoisotopic (exact) mass is 344 g/mol. The third-order valence-corrected chi connectivity index (χ3v) is 3.32. The van der Waals surface area contributed by atoms with E-state index >= 15 is 0 Å². The van der Waals surface area contributed by atoms with Gasteiger partial charge in [0.15, 0.2) is 0 Å². The molecule has 0 atom stereocenters. The summed E-state index contributed by atoms with van der Waals surface area (Å²) in [5, 5.41) is 2.07. The molecule has 0 aliphatic carbocycles. The number of rotatable bonds is 3. The molecule has 0 unspecified atom stereocenters. The molecule has 0 fully saturated rings. The zero-order valence-electron chi connectivity index (χ0n) is 11.9. The van der Waals surface area contributed by atoms with Gasteiger partial charge in [-0.05, 0) is 31.2 Å². The molecule has 1 heterocycles. The Kier molecular flexibility index (Phi) is 4.79. The van der Waals surface area contributed by atoms with Gasteiger partial charge >= 0.3 is 6.18 Å². The highest BCUT2D eigenvalue weighted by Crippen LogP contribution is 2.36. The molecule has 23 heavy (non-hydrogen) atoms. The maximum absolute atomic E-state index is 13.0. The lowest BCUT2D eigenvalue weighted by Crippen LogP contribution is -2.28. The van der Waals surface area contributed by atoms with E-state index in [4.69, 9.17) is 11.6 Å². The van der Waals surface area contributed by atoms with Crippen molar-refractivity contribution in [3.63, 3.8) is 0 Å². The summed E-state index contributed by atoms with van der Waals surface area (Å²) in [6.07, 6.45) is -3.27. The van der Waals surface area contributed by atoms with Crippen LogP contribution in [0.25, 0.3) is 0 Å². The predicted molar refractivity (Wildman–Crippen MR) is 80.5 cm³/mol. The van der Waals surface area contributed by atoms with E-state index in [2.05, 4.69) is 5.32 Å². The molecule has 0 saturated carbocycles. The van der Waals surface area contributed by atoms with Crippen LogP contribution in [0.15, 0.2) is 41.3 Å². The highest BCUT2D eigenvalue weighted by molar-refractivity contribution is 6.30. The molecule has 1 N–H and O–H groups in total. The number of hydrogen-bond donors (Lipinski definition) is 1. The van der Waals surface area contributed by atoms with Gasteiger partial charge in [-0.1, -0.05) is 17.7 Å². The van der Waals surface area contributed by atoms with Crippen LogP contribution in [0.5, 0.6) is 0 Å². The molecule has 1 aromatic heterocycles. The molecule has 8 heteroatoms. The van der Waals surface area contributed by atoms with Crippen LogP contribution >= 0.6 is 11.6 Å². The third kappa shape index (κ3) is 4.13. The van der Waals surface area contributed by atoms with Gasteiger partial charge in [0, 0.05) is 16.8 Å². The average Bonchev–Trinajstić information content (AvgIpc) is 2.45. The van der Waals surface area contributed by atoms with Crippen LogP contribution in [-0.2, 0) is 17.5 Å². The summed E-state index contributed by atoms with van der Waals surface area (Å²) in [6.45, 7) is 1.19. The first-order valence-electron chi connectivity index (χ1n) is 6.51. The van der Waals surface area contributed by atoms with Crippen LogP contribution in [0.3, 0.4) is 0 Å². The number of alkyl halides is 3. The zero-order valence-corrected chi connectivity index (χ0v) is 12.7. The number of pyridine rings is 1. The summed E-state index contributed by atoms with van der Waals surface area (Å²) >= 11 is 5.57. The average molecular weight is 345 g/mol. The van der Waals surface area contributed by atoms with E-state index in [9.17, 15) is 22.8 Å². The van der Waals surface area contributed by atoms with Crippen molar-refractivity contribution in [3.8, 4) is 0 Å². The Morgan fingerprint density at radius 1 is 1.30 bits per heavy atom. The van der Waals surface area contributed by atoms with Gasteiger partial charge in [-0.2, -0.15) is 13.2 Å². The minimum absolute atomic E-state index is 0.0924. The first-order valence-corrected chi connectivity index (χ1v) is 6.89. The highest BCUT2D eigenvalue weighted by Gasteiger charge is 2.34. The van der Waals surface area contributed by atoms with Gasteiger partial charge < -0.3 is 9.88 Å². The topological polar surface area (TPSA) is 51.1 Å². The van der Waals surface area contributed by atoms with Crippen molar-refractivity contribution in [2.24, 2.45) is 0 Å². The highest BCUT2D eigenvalue weighted by atomic mass is 35.5. The number of hydrogen-bond acceptors (Lipinski definition) is 2. The van der Waals surface area contributed by atoms with Gasteiger partial charge in [0.1, 0.15) is 6.54 Å². The van der Waals surface area contributed by atoms with E-state index in [0.717, 1.165) is 16.7 Å². The van der Waals surface area contributed by atoms with Gasteiger partial charge in [0.05, 0.1) is 11.3 Å². The standard InChI is InChI=1S/C15H12ClF3N2O2/c1-9-3-2-6-21(14(9)23)8-13(22)20-12-5-4-10(16)7-11(12)15(17,18)19/h2-7H,8H2,1H3,(H,20,22). The van der Waals surface area contributed by atoms with E-state index < -0.39 is 23.3 Å². The van der Waals surface area contributed by atoms with E-state index in [-0.39, 0.29) is 17.1 Å². The number of carbonyl (C=O) groups is 1. The molecule has 4 nitrogen and oxygen atoms in total. The van der Waals surface area contributed by atoms with Crippen molar-refractivity contribution in [2.45, 2.75) is 19.6 Å². The molecule has 0 radical (unpaired) electrons. The fraction of sp³-hybridized carbons (Fsp3) is 0.200. The summed E-state index contributed by atoms with van der Waals surface area (Å²) in [4.78, 5) is 23.8. The van der Waals surface area contributed by atoms with Crippen molar-refractivity contribution in [2.75, 3.05) is 5.32 Å². The predicted octanol–water partition coefficient (Wildman–Crippen LogP) is 3.47. The first-order chi connectivity index (χ1) is 10.7. The quantitative estimate of drug-likeness (QED) is 0.927. The fourth-order valence-corrected chi connectivity index (χ4v) is 2.16. The minimum Gasteiger partial charge on any atom is -0.324 e. The van der Waals surface area contributed by atoms with Crippen molar-refractivity contribution in [3.05, 3.63) is 63.0 Å². The smallest absolute Gasteiger partial charge is 0.324 e. The Morgan fingerprint density at radius 3 is 2.65 bits per heavy atom. The van der Waals surface area contributed by atoms with E-state index in [0.29, 0.717) is 5.56 Å². The molecule has 0 aliphatic rings. The molecular formula is C15H12ClF3N2O2. The molecule has 0 aliphatic heterocycles. The maximum atomic E-state index is 13.0. The molecule has 1 aromatic carbocycles. The minimum atomic E-state index is -4.66. The van der Waals surface area contributed by atoms with Crippen molar-refractivity contribution in [1.29, 1.82) is 0 Å². The van der Waals surface area contributed by atoms with Gasteiger partial charge in [-0.15, -0.1) is 0 Å². The SMILES string of the molecule is Cc1cccn(CC(=O)Nc2ccc(Cl)cc2C(F)(F)F)c1=O. The summed E-state index contributed by atoms with van der Waals surface area (Å²) in [5.41, 5.74) is -1.40.